The molecule has 3 aromatic carbocycles. The number of benzene rings is 3. The zero-order valence-corrected chi connectivity index (χ0v) is 21.4. The molecular formula is C27H22Cl3NO4. The Labute approximate surface area is 217 Å². The normalized spacial score (nSPS) is 15.7. The number of methoxy groups -OCH3 is 2. The topological polar surface area (TPSA) is 51.9 Å². The van der Waals surface area contributed by atoms with Gasteiger partial charge >= 0.3 is 0 Å². The van der Waals surface area contributed by atoms with Crippen molar-refractivity contribution in [2.45, 2.75) is 19.0 Å². The molecule has 0 fully saturated rings. The highest BCUT2D eigenvalue weighted by molar-refractivity contribution is 6.38. The number of hydrogen-bond donors (Lipinski definition) is 0. The highest BCUT2D eigenvalue weighted by Crippen LogP contribution is 2.42. The van der Waals surface area contributed by atoms with Gasteiger partial charge < -0.3 is 13.9 Å². The summed E-state index contributed by atoms with van der Waals surface area (Å²) < 4.78 is 16.9. The van der Waals surface area contributed by atoms with Crippen molar-refractivity contribution in [2.24, 2.45) is 0 Å². The predicted octanol–water partition coefficient (Wildman–Crippen LogP) is 6.92. The summed E-state index contributed by atoms with van der Waals surface area (Å²) in [4.78, 5) is 15.6. The largest absolute Gasteiger partial charge is 0.493 e. The summed E-state index contributed by atoms with van der Waals surface area (Å²) in [6.45, 7) is 1.08. The Morgan fingerprint density at radius 2 is 1.77 bits per heavy atom. The molecule has 4 aromatic rings. The Hall–Kier alpha value is -2.70. The minimum Gasteiger partial charge on any atom is -0.493 e. The molecule has 0 radical (unpaired) electrons. The van der Waals surface area contributed by atoms with Crippen LogP contribution in [0.15, 0.2) is 64.0 Å². The summed E-state index contributed by atoms with van der Waals surface area (Å²) >= 11 is 18.8. The molecule has 1 aliphatic rings. The molecule has 1 atom stereocenters. The molecule has 0 N–H and O–H groups in total. The second-order valence-electron chi connectivity index (χ2n) is 8.44. The Morgan fingerprint density at radius 1 is 1.00 bits per heavy atom. The number of hydrogen-bond acceptors (Lipinski definition) is 5. The first-order valence-corrected chi connectivity index (χ1v) is 12.2. The van der Waals surface area contributed by atoms with E-state index in [1.54, 1.807) is 26.4 Å². The van der Waals surface area contributed by atoms with Crippen molar-refractivity contribution in [3.05, 3.63) is 102 Å². The molecular weight excluding hydrogens is 509 g/mol. The first-order chi connectivity index (χ1) is 16.9. The van der Waals surface area contributed by atoms with Crippen molar-refractivity contribution in [3.63, 3.8) is 0 Å². The fraction of sp³-hybridized carbons (Fsp3) is 0.222. The van der Waals surface area contributed by atoms with Crippen LogP contribution in [-0.2, 0) is 13.0 Å². The van der Waals surface area contributed by atoms with Crippen LogP contribution >= 0.6 is 34.8 Å². The molecule has 2 heterocycles. The maximum absolute atomic E-state index is 13.4. The van der Waals surface area contributed by atoms with Crippen LogP contribution in [0.4, 0.5) is 0 Å². The Balaban J connectivity index is 1.62. The van der Waals surface area contributed by atoms with Crippen LogP contribution in [0, 0.1) is 0 Å². The van der Waals surface area contributed by atoms with E-state index in [0.29, 0.717) is 56.2 Å². The average molecular weight is 531 g/mol. The fourth-order valence-electron chi connectivity index (χ4n) is 4.77. The molecule has 1 aromatic heterocycles. The third-order valence-electron chi connectivity index (χ3n) is 6.38. The lowest BCUT2D eigenvalue weighted by molar-refractivity contribution is 0.201. The molecule has 0 spiro atoms. The lowest BCUT2D eigenvalue weighted by Gasteiger charge is -2.38. The smallest absolute Gasteiger partial charge is 0.197 e. The minimum atomic E-state index is -0.157. The van der Waals surface area contributed by atoms with Crippen LogP contribution in [0.1, 0.15) is 28.3 Å². The molecule has 0 bridgehead atoms. The third-order valence-corrected chi connectivity index (χ3v) is 7.11. The molecule has 0 saturated heterocycles. The lowest BCUT2D eigenvalue weighted by Crippen LogP contribution is -2.37. The summed E-state index contributed by atoms with van der Waals surface area (Å²) in [5.41, 5.74) is 3.95. The van der Waals surface area contributed by atoms with Crippen LogP contribution in [-0.4, -0.2) is 25.7 Å². The van der Waals surface area contributed by atoms with Gasteiger partial charge in [0, 0.05) is 28.7 Å². The van der Waals surface area contributed by atoms with Crippen LogP contribution in [0.3, 0.4) is 0 Å². The minimum absolute atomic E-state index is 0.154. The third kappa shape index (κ3) is 4.50. The predicted molar refractivity (Wildman–Crippen MR) is 139 cm³/mol. The summed E-state index contributed by atoms with van der Waals surface area (Å²) in [7, 11) is 3.25. The van der Waals surface area contributed by atoms with E-state index in [9.17, 15) is 4.79 Å². The Kier molecular flexibility index (Phi) is 6.69. The summed E-state index contributed by atoms with van der Waals surface area (Å²) in [5.74, 6) is 1.34. The van der Waals surface area contributed by atoms with Crippen LogP contribution in [0.25, 0.3) is 11.0 Å². The van der Waals surface area contributed by atoms with Crippen molar-refractivity contribution < 1.29 is 13.9 Å². The van der Waals surface area contributed by atoms with Gasteiger partial charge in [-0.15, -0.1) is 0 Å². The van der Waals surface area contributed by atoms with Gasteiger partial charge in [-0.1, -0.05) is 46.9 Å². The second-order valence-corrected chi connectivity index (χ2v) is 9.72. The molecule has 0 amide bonds. The van der Waals surface area contributed by atoms with Gasteiger partial charge in [-0.05, 0) is 59.5 Å². The van der Waals surface area contributed by atoms with E-state index < -0.39 is 0 Å². The number of nitrogens with zero attached hydrogens (tertiary/aromatic N) is 1. The van der Waals surface area contributed by atoms with Gasteiger partial charge in [0.2, 0.25) is 0 Å². The molecule has 180 valence electrons. The maximum atomic E-state index is 13.4. The van der Waals surface area contributed by atoms with Gasteiger partial charge in [0.25, 0.3) is 0 Å². The van der Waals surface area contributed by atoms with Crippen LogP contribution in [0.5, 0.6) is 11.5 Å². The number of fused-ring (bicyclic) bond motifs is 2. The van der Waals surface area contributed by atoms with Crippen molar-refractivity contribution in [1.29, 1.82) is 0 Å². The van der Waals surface area contributed by atoms with E-state index in [-0.39, 0.29) is 11.5 Å². The summed E-state index contributed by atoms with van der Waals surface area (Å²) in [5, 5.41) is 1.70. The molecule has 1 aliphatic heterocycles. The number of rotatable bonds is 5. The lowest BCUT2D eigenvalue weighted by atomic mass is 9.87. The Bertz CT molecular complexity index is 1480. The quantitative estimate of drug-likeness (QED) is 0.280. The fourth-order valence-corrected chi connectivity index (χ4v) is 5.51. The molecule has 8 heteroatoms. The Morgan fingerprint density at radius 3 is 2.51 bits per heavy atom. The van der Waals surface area contributed by atoms with Gasteiger partial charge in [-0.3, -0.25) is 9.69 Å². The molecule has 0 saturated carbocycles. The highest BCUT2D eigenvalue weighted by Gasteiger charge is 2.31. The standard InChI is InChI=1S/C27H22Cl3NO4/c1-33-23-9-15-6-7-31(13-17-14-35-27-21(26(17)32)10-19(29)11-22(27)30)25(20(15)12-24(23)34-2)16-4-3-5-18(28)8-16/h3-5,8-12,14,25H,6-7,13H2,1-2H3/t25-/m1/s1. The number of ether oxygens (including phenoxy) is 2. The molecule has 35 heavy (non-hydrogen) atoms. The van der Waals surface area contributed by atoms with Crippen molar-refractivity contribution in [2.75, 3.05) is 20.8 Å². The second kappa shape index (κ2) is 9.75. The SMILES string of the molecule is COc1cc2c(cc1OC)[C@@H](c1cccc(Cl)c1)N(Cc1coc3c(Cl)cc(Cl)cc3c1=O)CC2. The molecule has 0 unspecified atom stereocenters. The van der Waals surface area contributed by atoms with E-state index in [0.717, 1.165) is 23.1 Å². The molecule has 0 aliphatic carbocycles. The van der Waals surface area contributed by atoms with Gasteiger partial charge in [0.1, 0.15) is 0 Å². The van der Waals surface area contributed by atoms with Gasteiger partial charge in [0.15, 0.2) is 22.5 Å². The van der Waals surface area contributed by atoms with Crippen molar-refractivity contribution in [3.8, 4) is 11.5 Å². The average Bonchev–Trinajstić information content (AvgIpc) is 2.84. The molecule has 5 nitrogen and oxygen atoms in total. The van der Waals surface area contributed by atoms with Gasteiger partial charge in [-0.2, -0.15) is 0 Å². The van der Waals surface area contributed by atoms with E-state index in [4.69, 9.17) is 48.7 Å². The summed E-state index contributed by atoms with van der Waals surface area (Å²) in [6, 6.07) is 14.8. The van der Waals surface area contributed by atoms with Crippen molar-refractivity contribution in [1.82, 2.24) is 4.90 Å². The van der Waals surface area contributed by atoms with E-state index in [1.807, 2.05) is 36.4 Å². The first kappa shape index (κ1) is 24.0. The number of halogens is 3. The van der Waals surface area contributed by atoms with E-state index >= 15 is 0 Å². The molecule has 5 rings (SSSR count). The van der Waals surface area contributed by atoms with E-state index in [2.05, 4.69) is 4.90 Å². The van der Waals surface area contributed by atoms with Crippen molar-refractivity contribution >= 4 is 45.8 Å². The summed E-state index contributed by atoms with van der Waals surface area (Å²) in [6.07, 6.45) is 2.27. The zero-order chi connectivity index (χ0) is 24.7. The van der Waals surface area contributed by atoms with Gasteiger partial charge in [-0.25, -0.2) is 0 Å². The van der Waals surface area contributed by atoms with E-state index in [1.165, 1.54) is 6.26 Å². The highest BCUT2D eigenvalue weighted by atomic mass is 35.5. The maximum Gasteiger partial charge on any atom is 0.197 e. The van der Waals surface area contributed by atoms with Gasteiger partial charge in [0.05, 0.1) is 36.9 Å². The zero-order valence-electron chi connectivity index (χ0n) is 19.1. The first-order valence-electron chi connectivity index (χ1n) is 11.0. The monoisotopic (exact) mass is 529 g/mol. The van der Waals surface area contributed by atoms with Crippen LogP contribution < -0.4 is 14.9 Å². The van der Waals surface area contributed by atoms with Crippen LogP contribution in [0.2, 0.25) is 15.1 Å².